The van der Waals surface area contributed by atoms with Crippen LogP contribution in [0.4, 0.5) is 4.79 Å². The quantitative estimate of drug-likeness (QED) is 0.330. The van der Waals surface area contributed by atoms with Gasteiger partial charge in [0.15, 0.2) is 5.96 Å². The summed E-state index contributed by atoms with van der Waals surface area (Å²) in [5, 5.41) is 13.2. The van der Waals surface area contributed by atoms with Crippen molar-refractivity contribution >= 4 is 36.0 Å². The van der Waals surface area contributed by atoms with Crippen LogP contribution in [-0.4, -0.2) is 60.4 Å². The first kappa shape index (κ1) is 22.5. The van der Waals surface area contributed by atoms with Gasteiger partial charge in [-0.2, -0.15) is 0 Å². The van der Waals surface area contributed by atoms with E-state index in [1.807, 2.05) is 30.3 Å². The van der Waals surface area contributed by atoms with Crippen LogP contribution < -0.4 is 11.1 Å². The minimum atomic E-state index is -0.562. The molecule has 2 rings (SSSR count). The smallest absolute Gasteiger partial charge is 0.409 e. The molecule has 7 nitrogen and oxygen atoms in total. The van der Waals surface area contributed by atoms with Gasteiger partial charge >= 0.3 is 6.09 Å². The molecule has 8 heteroatoms. The third-order valence-corrected chi connectivity index (χ3v) is 4.16. The molecule has 1 unspecified atom stereocenters. The van der Waals surface area contributed by atoms with Gasteiger partial charge in [-0.05, 0) is 25.3 Å². The Bertz CT molecular complexity index is 563. The van der Waals surface area contributed by atoms with Crippen LogP contribution in [0, 0.1) is 0 Å². The lowest BCUT2D eigenvalue weighted by molar-refractivity contribution is 0.0963. The van der Waals surface area contributed by atoms with Crippen molar-refractivity contribution in [3.63, 3.8) is 0 Å². The first-order valence-electron chi connectivity index (χ1n) is 8.78. The summed E-state index contributed by atoms with van der Waals surface area (Å²) in [5.41, 5.74) is 6.98. The fraction of sp³-hybridized carbons (Fsp3) is 0.556. The molecule has 1 fully saturated rings. The first-order chi connectivity index (χ1) is 12.1. The molecular weight excluding hydrogens is 447 g/mol. The number of amides is 1. The van der Waals surface area contributed by atoms with Crippen LogP contribution in [-0.2, 0) is 11.2 Å². The Labute approximate surface area is 172 Å². The number of nitrogens with one attached hydrogen (secondary N) is 1. The largest absolute Gasteiger partial charge is 0.450 e. The summed E-state index contributed by atoms with van der Waals surface area (Å²) >= 11 is 0. The van der Waals surface area contributed by atoms with Gasteiger partial charge in [0.2, 0.25) is 0 Å². The van der Waals surface area contributed by atoms with Crippen LogP contribution in [0.2, 0.25) is 0 Å². The van der Waals surface area contributed by atoms with E-state index in [9.17, 15) is 9.90 Å². The molecule has 0 radical (unpaired) electrons. The second-order valence-electron chi connectivity index (χ2n) is 6.17. The summed E-state index contributed by atoms with van der Waals surface area (Å²) in [6.45, 7) is 3.73. The summed E-state index contributed by atoms with van der Waals surface area (Å²) in [6, 6.07) is 9.98. The number of ether oxygens (including phenoxy) is 1. The summed E-state index contributed by atoms with van der Waals surface area (Å²) in [4.78, 5) is 17.6. The number of halogens is 1. The predicted octanol–water partition coefficient (Wildman–Crippen LogP) is 1.73. The van der Waals surface area contributed by atoms with Crippen LogP contribution in [0.15, 0.2) is 35.3 Å². The molecule has 4 N–H and O–H groups in total. The Morgan fingerprint density at radius 1 is 1.38 bits per heavy atom. The van der Waals surface area contributed by atoms with Crippen LogP contribution in [0.25, 0.3) is 0 Å². The fourth-order valence-corrected chi connectivity index (χ4v) is 2.83. The van der Waals surface area contributed by atoms with E-state index < -0.39 is 6.10 Å². The topological polar surface area (TPSA) is 100 Å². The van der Waals surface area contributed by atoms with Gasteiger partial charge in [-0.25, -0.2) is 4.79 Å². The number of aliphatic imine (C=N–C) groups is 1. The van der Waals surface area contributed by atoms with Gasteiger partial charge in [0.25, 0.3) is 0 Å². The van der Waals surface area contributed by atoms with Gasteiger partial charge in [-0.3, -0.25) is 4.99 Å². The number of aliphatic hydroxyl groups is 1. The highest BCUT2D eigenvalue weighted by Crippen LogP contribution is 2.11. The van der Waals surface area contributed by atoms with Crippen molar-refractivity contribution in [3.8, 4) is 0 Å². The van der Waals surface area contributed by atoms with E-state index in [-0.39, 0.29) is 42.7 Å². The Kier molecular flexibility index (Phi) is 10.3. The van der Waals surface area contributed by atoms with Crippen molar-refractivity contribution in [2.24, 2.45) is 10.7 Å². The third kappa shape index (κ3) is 7.77. The summed E-state index contributed by atoms with van der Waals surface area (Å²) in [5.74, 6) is 0.335. The normalized spacial score (nSPS) is 16.5. The molecule has 1 amide bonds. The van der Waals surface area contributed by atoms with Crippen LogP contribution >= 0.6 is 24.0 Å². The number of nitrogens with two attached hydrogens (primary N) is 1. The molecule has 146 valence electrons. The molecular formula is C18H29IN4O3. The zero-order chi connectivity index (χ0) is 18.1. The zero-order valence-corrected chi connectivity index (χ0v) is 17.5. The molecule has 1 saturated heterocycles. The molecule has 0 bridgehead atoms. The van der Waals surface area contributed by atoms with Gasteiger partial charge in [0.1, 0.15) is 0 Å². The number of piperidine rings is 1. The van der Waals surface area contributed by atoms with Gasteiger partial charge in [-0.15, -0.1) is 24.0 Å². The van der Waals surface area contributed by atoms with Crippen molar-refractivity contribution in [2.75, 3.05) is 26.2 Å². The van der Waals surface area contributed by atoms with E-state index in [0.717, 1.165) is 18.4 Å². The molecule has 0 aliphatic carbocycles. The van der Waals surface area contributed by atoms with Gasteiger partial charge < -0.3 is 25.8 Å². The van der Waals surface area contributed by atoms with E-state index in [1.54, 1.807) is 11.8 Å². The predicted molar refractivity (Wildman–Crippen MR) is 113 cm³/mol. The van der Waals surface area contributed by atoms with Crippen LogP contribution in [0.3, 0.4) is 0 Å². The fourth-order valence-electron chi connectivity index (χ4n) is 2.83. The Balaban J connectivity index is 0.00000338. The average molecular weight is 476 g/mol. The van der Waals surface area contributed by atoms with Gasteiger partial charge in [-0.1, -0.05) is 30.3 Å². The molecule has 0 saturated carbocycles. The number of hydrogen-bond acceptors (Lipinski definition) is 4. The standard InChI is InChI=1S/C18H28N4O3.HI/c1-2-25-18(24)22-10-8-15(9-11-22)21-17(19)20-13-16(23)12-14-6-4-3-5-7-14;/h3-7,15-16,23H,2,8-13H2,1H3,(H3,19,20,21);1H. The number of benzene rings is 1. The summed E-state index contributed by atoms with van der Waals surface area (Å²) in [6.07, 6.45) is 1.32. The second kappa shape index (κ2) is 11.9. The lowest BCUT2D eigenvalue weighted by Gasteiger charge is -2.31. The molecule has 0 aromatic heterocycles. The summed E-state index contributed by atoms with van der Waals surface area (Å²) in [7, 11) is 0. The molecule has 26 heavy (non-hydrogen) atoms. The molecule has 1 aliphatic heterocycles. The highest BCUT2D eigenvalue weighted by Gasteiger charge is 2.23. The van der Waals surface area contributed by atoms with Crippen molar-refractivity contribution in [1.82, 2.24) is 10.2 Å². The number of carbonyl (C=O) groups is 1. The minimum absolute atomic E-state index is 0. The van der Waals surface area contributed by atoms with Crippen molar-refractivity contribution in [3.05, 3.63) is 35.9 Å². The van der Waals surface area contributed by atoms with Gasteiger partial charge in [0, 0.05) is 25.6 Å². The number of carbonyl (C=O) groups excluding carboxylic acids is 1. The number of aliphatic hydroxyl groups excluding tert-OH is 1. The first-order valence-corrected chi connectivity index (χ1v) is 8.78. The van der Waals surface area contributed by atoms with E-state index in [1.165, 1.54) is 0 Å². The molecule has 1 heterocycles. The molecule has 1 aliphatic rings. The number of hydrogen-bond donors (Lipinski definition) is 3. The highest BCUT2D eigenvalue weighted by atomic mass is 127. The van der Waals surface area contributed by atoms with Crippen molar-refractivity contribution in [2.45, 2.75) is 38.3 Å². The second-order valence-corrected chi connectivity index (χ2v) is 6.17. The highest BCUT2D eigenvalue weighted by molar-refractivity contribution is 14.0. The van der Waals surface area contributed by atoms with Crippen LogP contribution in [0.5, 0.6) is 0 Å². The monoisotopic (exact) mass is 476 g/mol. The molecule has 1 aromatic rings. The molecule has 1 atom stereocenters. The Morgan fingerprint density at radius 2 is 2.04 bits per heavy atom. The number of guanidine groups is 1. The number of likely N-dealkylation sites (tertiary alicyclic amines) is 1. The zero-order valence-electron chi connectivity index (χ0n) is 15.1. The number of nitrogens with zero attached hydrogens (tertiary/aromatic N) is 2. The van der Waals surface area contributed by atoms with Crippen molar-refractivity contribution < 1.29 is 14.6 Å². The van der Waals surface area contributed by atoms with Gasteiger partial charge in [0.05, 0.1) is 19.3 Å². The van der Waals surface area contributed by atoms with Crippen LogP contribution in [0.1, 0.15) is 25.3 Å². The van der Waals surface area contributed by atoms with E-state index in [4.69, 9.17) is 10.5 Å². The summed E-state index contributed by atoms with van der Waals surface area (Å²) < 4.78 is 5.00. The van der Waals surface area contributed by atoms with E-state index in [2.05, 4.69) is 10.3 Å². The lowest BCUT2D eigenvalue weighted by atomic mass is 10.1. The minimum Gasteiger partial charge on any atom is -0.450 e. The average Bonchev–Trinajstić information content (AvgIpc) is 2.62. The Hall–Kier alpha value is -1.55. The maximum atomic E-state index is 11.7. The SMILES string of the molecule is CCOC(=O)N1CCC(NC(N)=NCC(O)Cc2ccccc2)CC1.I. The molecule has 1 aromatic carbocycles. The van der Waals surface area contributed by atoms with E-state index in [0.29, 0.717) is 32.1 Å². The lowest BCUT2D eigenvalue weighted by Crippen LogP contribution is -2.48. The number of rotatable bonds is 6. The Morgan fingerprint density at radius 3 is 2.65 bits per heavy atom. The maximum Gasteiger partial charge on any atom is 0.409 e. The van der Waals surface area contributed by atoms with Crippen molar-refractivity contribution in [1.29, 1.82) is 0 Å². The van der Waals surface area contributed by atoms with E-state index >= 15 is 0 Å². The third-order valence-electron chi connectivity index (χ3n) is 4.16. The molecule has 0 spiro atoms. The maximum absolute atomic E-state index is 11.7.